The SMILES string of the molecule is CC(=O)c1ccc(NC(=O)[C@@H](C)Sc2ncnc3sc4c(c23)CC[C@@H](C)C4)cc1. The Labute approximate surface area is 178 Å². The highest BCUT2D eigenvalue weighted by Crippen LogP contribution is 2.41. The van der Waals surface area contributed by atoms with Crippen molar-refractivity contribution in [3.63, 3.8) is 0 Å². The van der Waals surface area contributed by atoms with E-state index in [1.165, 1.54) is 35.5 Å². The van der Waals surface area contributed by atoms with Gasteiger partial charge in [-0.15, -0.1) is 11.3 Å². The number of amides is 1. The Morgan fingerprint density at radius 3 is 2.72 bits per heavy atom. The Balaban J connectivity index is 1.52. The summed E-state index contributed by atoms with van der Waals surface area (Å²) in [6.45, 7) is 5.71. The number of nitrogens with one attached hydrogen (secondary N) is 1. The number of nitrogens with zero attached hydrogens (tertiary/aromatic N) is 2. The number of rotatable bonds is 5. The first-order chi connectivity index (χ1) is 13.9. The molecule has 5 nitrogen and oxygen atoms in total. The second-order valence-corrected chi connectivity index (χ2v) is 10.0. The first kappa shape index (κ1) is 20.0. The molecule has 0 saturated heterocycles. The molecule has 4 rings (SSSR count). The van der Waals surface area contributed by atoms with Gasteiger partial charge >= 0.3 is 0 Å². The highest BCUT2D eigenvalue weighted by atomic mass is 32.2. The van der Waals surface area contributed by atoms with Crippen molar-refractivity contribution >= 4 is 50.7 Å². The number of benzene rings is 1. The highest BCUT2D eigenvalue weighted by Gasteiger charge is 2.25. The van der Waals surface area contributed by atoms with Crippen LogP contribution in [0.25, 0.3) is 10.2 Å². The minimum atomic E-state index is -0.307. The number of aromatic nitrogens is 2. The Hall–Kier alpha value is -2.25. The van der Waals surface area contributed by atoms with E-state index < -0.39 is 0 Å². The van der Waals surface area contributed by atoms with Crippen LogP contribution in [0.5, 0.6) is 0 Å². The number of carbonyl (C=O) groups is 2. The van der Waals surface area contributed by atoms with Gasteiger partial charge in [0.15, 0.2) is 5.78 Å². The molecule has 29 heavy (non-hydrogen) atoms. The van der Waals surface area contributed by atoms with E-state index >= 15 is 0 Å². The Morgan fingerprint density at radius 1 is 1.24 bits per heavy atom. The van der Waals surface area contributed by atoms with Gasteiger partial charge < -0.3 is 5.32 Å². The minimum absolute atomic E-state index is 0.00747. The first-order valence-corrected chi connectivity index (χ1v) is 11.5. The van der Waals surface area contributed by atoms with E-state index in [1.807, 2.05) is 6.92 Å². The summed E-state index contributed by atoms with van der Waals surface area (Å²) in [6, 6.07) is 6.96. The van der Waals surface area contributed by atoms with Crippen LogP contribution in [0.15, 0.2) is 35.6 Å². The molecule has 1 aliphatic carbocycles. The molecular formula is C22H23N3O2S2. The maximum absolute atomic E-state index is 12.7. The molecule has 0 bridgehead atoms. The smallest absolute Gasteiger partial charge is 0.237 e. The topological polar surface area (TPSA) is 72.0 Å². The third-order valence-corrected chi connectivity index (χ3v) is 7.54. The molecule has 0 unspecified atom stereocenters. The lowest BCUT2D eigenvalue weighted by Crippen LogP contribution is -2.22. The maximum atomic E-state index is 12.7. The van der Waals surface area contributed by atoms with Crippen molar-refractivity contribution in [3.8, 4) is 0 Å². The normalized spacial score (nSPS) is 17.0. The molecule has 0 aliphatic heterocycles. The van der Waals surface area contributed by atoms with Crippen molar-refractivity contribution in [2.45, 2.75) is 50.3 Å². The average molecular weight is 426 g/mol. The van der Waals surface area contributed by atoms with Crippen molar-refractivity contribution in [1.82, 2.24) is 9.97 Å². The second-order valence-electron chi connectivity index (χ2n) is 7.59. The van der Waals surface area contributed by atoms with E-state index in [-0.39, 0.29) is 16.9 Å². The van der Waals surface area contributed by atoms with Crippen molar-refractivity contribution in [3.05, 3.63) is 46.6 Å². The summed E-state index contributed by atoms with van der Waals surface area (Å²) in [5, 5.41) is 4.64. The quantitative estimate of drug-likeness (QED) is 0.348. The predicted molar refractivity (Wildman–Crippen MR) is 119 cm³/mol. The Morgan fingerprint density at radius 2 is 2.00 bits per heavy atom. The largest absolute Gasteiger partial charge is 0.325 e. The Bertz CT molecular complexity index is 1080. The predicted octanol–water partition coefficient (Wildman–Crippen LogP) is 5.14. The Kier molecular flexibility index (Phi) is 5.69. The van der Waals surface area contributed by atoms with Crippen molar-refractivity contribution < 1.29 is 9.59 Å². The van der Waals surface area contributed by atoms with Gasteiger partial charge in [-0.2, -0.15) is 0 Å². The summed E-state index contributed by atoms with van der Waals surface area (Å²) in [4.78, 5) is 35.5. The minimum Gasteiger partial charge on any atom is -0.325 e. The molecule has 1 aliphatic rings. The van der Waals surface area contributed by atoms with Crippen LogP contribution in [0.3, 0.4) is 0 Å². The third-order valence-electron chi connectivity index (χ3n) is 5.27. The number of hydrogen-bond donors (Lipinski definition) is 1. The molecule has 0 fully saturated rings. The summed E-state index contributed by atoms with van der Waals surface area (Å²) in [5.41, 5.74) is 2.69. The van der Waals surface area contributed by atoms with Crippen LogP contribution < -0.4 is 5.32 Å². The first-order valence-electron chi connectivity index (χ1n) is 9.76. The lowest BCUT2D eigenvalue weighted by molar-refractivity contribution is -0.115. The van der Waals surface area contributed by atoms with Gasteiger partial charge in [-0.25, -0.2) is 9.97 Å². The van der Waals surface area contributed by atoms with Gasteiger partial charge in [-0.3, -0.25) is 9.59 Å². The van der Waals surface area contributed by atoms with E-state index in [1.54, 1.807) is 41.9 Å². The maximum Gasteiger partial charge on any atom is 0.237 e. The molecule has 1 amide bonds. The molecule has 0 radical (unpaired) electrons. The van der Waals surface area contributed by atoms with Gasteiger partial charge in [0.1, 0.15) is 16.2 Å². The highest BCUT2D eigenvalue weighted by molar-refractivity contribution is 8.00. The standard InChI is InChI=1S/C22H23N3O2S2/c1-12-4-9-17-18(10-12)29-22-19(17)21(23-11-24-22)28-14(3)20(27)25-16-7-5-15(6-8-16)13(2)26/h5-8,11-12,14H,4,9-10H2,1-3H3,(H,25,27)/t12-,14-/m1/s1. The molecule has 0 spiro atoms. The van der Waals surface area contributed by atoms with Gasteiger partial charge in [-0.1, -0.05) is 18.7 Å². The number of carbonyl (C=O) groups excluding carboxylic acids is 2. The number of fused-ring (bicyclic) bond motifs is 3. The number of ketones is 1. The number of aryl methyl sites for hydroxylation is 1. The van der Waals surface area contributed by atoms with Crippen molar-refractivity contribution in [1.29, 1.82) is 0 Å². The number of Topliss-reactive ketones (excluding diaryl/α,β-unsaturated/α-hetero) is 1. The zero-order valence-electron chi connectivity index (χ0n) is 16.7. The molecular weight excluding hydrogens is 402 g/mol. The van der Waals surface area contributed by atoms with Crippen LogP contribution in [0.4, 0.5) is 5.69 Å². The molecule has 7 heteroatoms. The van der Waals surface area contributed by atoms with E-state index in [0.717, 1.165) is 28.1 Å². The molecule has 3 aromatic rings. The molecule has 1 N–H and O–H groups in total. The third kappa shape index (κ3) is 4.21. The number of hydrogen-bond acceptors (Lipinski definition) is 6. The summed E-state index contributed by atoms with van der Waals surface area (Å²) in [7, 11) is 0. The molecule has 1 aromatic carbocycles. The molecule has 2 heterocycles. The number of thioether (sulfide) groups is 1. The van der Waals surface area contributed by atoms with Crippen LogP contribution in [0.1, 0.15) is 48.0 Å². The van der Waals surface area contributed by atoms with Crippen LogP contribution in [-0.4, -0.2) is 26.9 Å². The van der Waals surface area contributed by atoms with E-state index in [2.05, 4.69) is 22.2 Å². The van der Waals surface area contributed by atoms with Crippen LogP contribution in [0.2, 0.25) is 0 Å². The summed E-state index contributed by atoms with van der Waals surface area (Å²) < 4.78 is 0. The zero-order valence-corrected chi connectivity index (χ0v) is 18.3. The van der Waals surface area contributed by atoms with Crippen LogP contribution in [-0.2, 0) is 17.6 Å². The zero-order chi connectivity index (χ0) is 20.5. The van der Waals surface area contributed by atoms with Gasteiger partial charge in [-0.05, 0) is 68.9 Å². The molecule has 150 valence electrons. The van der Waals surface area contributed by atoms with Crippen LogP contribution >= 0.6 is 23.1 Å². The van der Waals surface area contributed by atoms with Gasteiger partial charge in [0.05, 0.1) is 5.25 Å². The van der Waals surface area contributed by atoms with Gasteiger partial charge in [0.2, 0.25) is 5.91 Å². The fourth-order valence-electron chi connectivity index (χ4n) is 3.59. The fourth-order valence-corrected chi connectivity index (χ4v) is 5.95. The van der Waals surface area contributed by atoms with E-state index in [4.69, 9.17) is 0 Å². The summed E-state index contributed by atoms with van der Waals surface area (Å²) >= 11 is 3.24. The fraction of sp³-hybridized carbons (Fsp3) is 0.364. The van der Waals surface area contributed by atoms with Gasteiger partial charge in [0, 0.05) is 21.5 Å². The van der Waals surface area contributed by atoms with Gasteiger partial charge in [0.25, 0.3) is 0 Å². The number of thiophene rings is 1. The molecule has 0 saturated carbocycles. The monoisotopic (exact) mass is 425 g/mol. The summed E-state index contributed by atoms with van der Waals surface area (Å²) in [5.74, 6) is 0.627. The van der Waals surface area contributed by atoms with Crippen molar-refractivity contribution in [2.24, 2.45) is 5.92 Å². The lowest BCUT2D eigenvalue weighted by Gasteiger charge is -2.18. The average Bonchev–Trinajstić information content (AvgIpc) is 3.06. The van der Waals surface area contributed by atoms with Crippen molar-refractivity contribution in [2.75, 3.05) is 5.32 Å². The lowest BCUT2D eigenvalue weighted by atomic mass is 9.89. The number of anilines is 1. The molecule has 2 aromatic heterocycles. The summed E-state index contributed by atoms with van der Waals surface area (Å²) in [6.07, 6.45) is 4.94. The van der Waals surface area contributed by atoms with E-state index in [9.17, 15) is 9.59 Å². The van der Waals surface area contributed by atoms with Crippen LogP contribution in [0, 0.1) is 5.92 Å². The van der Waals surface area contributed by atoms with E-state index in [0.29, 0.717) is 17.2 Å². The second kappa shape index (κ2) is 8.24. The molecule has 2 atom stereocenters.